The Labute approximate surface area is 125 Å². The monoisotopic (exact) mass is 311 g/mol. The van der Waals surface area contributed by atoms with Crippen molar-refractivity contribution in [1.29, 1.82) is 0 Å². The highest BCUT2D eigenvalue weighted by atomic mass is 32.2. The Kier molecular flexibility index (Phi) is 4.97. The quantitative estimate of drug-likeness (QED) is 0.837. The summed E-state index contributed by atoms with van der Waals surface area (Å²) in [5, 5.41) is 0. The standard InChI is InChI=1S/C14H21N3O3S/c1-21(19,20)17-9-7-16(8-10-17)14(18)13(11-15)12-5-3-2-4-6-12/h2-6,13H,7-11,15H2,1H3. The molecule has 1 saturated heterocycles. The molecule has 0 spiro atoms. The summed E-state index contributed by atoms with van der Waals surface area (Å²) < 4.78 is 24.4. The summed E-state index contributed by atoms with van der Waals surface area (Å²) >= 11 is 0. The molecule has 1 fully saturated rings. The summed E-state index contributed by atoms with van der Waals surface area (Å²) in [4.78, 5) is 14.3. The number of hydrogen-bond donors (Lipinski definition) is 1. The molecule has 7 heteroatoms. The molecule has 0 aliphatic carbocycles. The Morgan fingerprint density at radius 3 is 2.24 bits per heavy atom. The average molecular weight is 311 g/mol. The number of rotatable bonds is 4. The first-order valence-corrected chi connectivity index (χ1v) is 8.77. The van der Waals surface area contributed by atoms with Crippen LogP contribution >= 0.6 is 0 Å². The minimum absolute atomic E-state index is 0.0307. The minimum atomic E-state index is -3.18. The molecule has 0 aromatic heterocycles. The van der Waals surface area contributed by atoms with Gasteiger partial charge in [-0.1, -0.05) is 30.3 Å². The van der Waals surface area contributed by atoms with Crippen molar-refractivity contribution in [3.63, 3.8) is 0 Å². The maximum atomic E-state index is 12.6. The summed E-state index contributed by atoms with van der Waals surface area (Å²) in [5.74, 6) is -0.396. The second-order valence-electron chi connectivity index (χ2n) is 5.19. The van der Waals surface area contributed by atoms with Crippen molar-refractivity contribution in [2.75, 3.05) is 39.0 Å². The summed E-state index contributed by atoms with van der Waals surface area (Å²) in [6.45, 7) is 1.76. The van der Waals surface area contributed by atoms with Crippen LogP contribution < -0.4 is 5.73 Å². The van der Waals surface area contributed by atoms with Crippen LogP contribution in [0, 0.1) is 0 Å². The van der Waals surface area contributed by atoms with Gasteiger partial charge in [0, 0.05) is 32.7 Å². The largest absolute Gasteiger partial charge is 0.339 e. The third-order valence-electron chi connectivity index (χ3n) is 3.76. The number of carbonyl (C=O) groups is 1. The third kappa shape index (κ3) is 3.81. The van der Waals surface area contributed by atoms with Gasteiger partial charge in [0.15, 0.2) is 0 Å². The zero-order chi connectivity index (χ0) is 15.5. The van der Waals surface area contributed by atoms with Crippen LogP contribution in [0.4, 0.5) is 0 Å². The molecule has 0 radical (unpaired) electrons. The van der Waals surface area contributed by atoms with Crippen molar-refractivity contribution in [2.24, 2.45) is 5.73 Å². The topological polar surface area (TPSA) is 83.7 Å². The molecular weight excluding hydrogens is 290 g/mol. The highest BCUT2D eigenvalue weighted by Gasteiger charge is 2.30. The molecule has 116 valence electrons. The number of piperazine rings is 1. The van der Waals surface area contributed by atoms with Gasteiger partial charge in [0.2, 0.25) is 15.9 Å². The summed E-state index contributed by atoms with van der Waals surface area (Å²) in [5.41, 5.74) is 6.65. The Balaban J connectivity index is 2.04. The second kappa shape index (κ2) is 6.55. The molecular formula is C14H21N3O3S. The van der Waals surface area contributed by atoms with Gasteiger partial charge in [-0.15, -0.1) is 0 Å². The first-order valence-electron chi connectivity index (χ1n) is 6.92. The zero-order valence-corrected chi connectivity index (χ0v) is 12.9. The van der Waals surface area contributed by atoms with Gasteiger partial charge in [-0.05, 0) is 5.56 Å². The van der Waals surface area contributed by atoms with E-state index in [1.54, 1.807) is 4.90 Å². The van der Waals surface area contributed by atoms with Gasteiger partial charge in [-0.3, -0.25) is 4.79 Å². The van der Waals surface area contributed by atoms with Crippen molar-refractivity contribution in [2.45, 2.75) is 5.92 Å². The number of nitrogens with zero attached hydrogens (tertiary/aromatic N) is 2. The number of benzene rings is 1. The van der Waals surface area contributed by atoms with Gasteiger partial charge in [0.25, 0.3) is 0 Å². The normalized spacial score (nSPS) is 18.5. The van der Waals surface area contributed by atoms with E-state index in [0.717, 1.165) is 5.56 Å². The Morgan fingerprint density at radius 2 is 1.76 bits per heavy atom. The fourth-order valence-corrected chi connectivity index (χ4v) is 3.35. The van der Waals surface area contributed by atoms with E-state index < -0.39 is 10.0 Å². The molecule has 0 bridgehead atoms. The van der Waals surface area contributed by atoms with E-state index in [1.807, 2.05) is 30.3 Å². The molecule has 21 heavy (non-hydrogen) atoms. The van der Waals surface area contributed by atoms with Gasteiger partial charge in [0.1, 0.15) is 0 Å². The van der Waals surface area contributed by atoms with Crippen LogP contribution in [0.1, 0.15) is 11.5 Å². The van der Waals surface area contributed by atoms with E-state index in [0.29, 0.717) is 26.2 Å². The van der Waals surface area contributed by atoms with E-state index in [1.165, 1.54) is 10.6 Å². The van der Waals surface area contributed by atoms with Crippen LogP contribution in [-0.2, 0) is 14.8 Å². The van der Waals surface area contributed by atoms with Crippen molar-refractivity contribution >= 4 is 15.9 Å². The SMILES string of the molecule is CS(=O)(=O)N1CCN(C(=O)C(CN)c2ccccc2)CC1. The van der Waals surface area contributed by atoms with E-state index in [-0.39, 0.29) is 18.4 Å². The van der Waals surface area contributed by atoms with Crippen molar-refractivity contribution in [3.8, 4) is 0 Å². The van der Waals surface area contributed by atoms with Crippen LogP contribution in [0.25, 0.3) is 0 Å². The third-order valence-corrected chi connectivity index (χ3v) is 5.06. The van der Waals surface area contributed by atoms with Crippen LogP contribution in [-0.4, -0.2) is 62.5 Å². The molecule has 0 saturated carbocycles. The van der Waals surface area contributed by atoms with E-state index >= 15 is 0 Å². The van der Waals surface area contributed by atoms with Crippen molar-refractivity contribution in [1.82, 2.24) is 9.21 Å². The van der Waals surface area contributed by atoms with Crippen LogP contribution in [0.15, 0.2) is 30.3 Å². The van der Waals surface area contributed by atoms with E-state index in [2.05, 4.69) is 0 Å². The van der Waals surface area contributed by atoms with Gasteiger partial charge in [0.05, 0.1) is 12.2 Å². The number of carbonyl (C=O) groups excluding carboxylic acids is 1. The van der Waals surface area contributed by atoms with Gasteiger partial charge in [-0.25, -0.2) is 8.42 Å². The van der Waals surface area contributed by atoms with E-state index in [4.69, 9.17) is 5.73 Å². The summed E-state index contributed by atoms with van der Waals surface area (Å²) in [6, 6.07) is 9.44. The Hall–Kier alpha value is -1.44. The minimum Gasteiger partial charge on any atom is -0.339 e. The first kappa shape index (κ1) is 15.9. The summed E-state index contributed by atoms with van der Waals surface area (Å²) in [7, 11) is -3.18. The fourth-order valence-electron chi connectivity index (χ4n) is 2.53. The maximum Gasteiger partial charge on any atom is 0.231 e. The molecule has 1 aromatic carbocycles. The smallest absolute Gasteiger partial charge is 0.231 e. The second-order valence-corrected chi connectivity index (χ2v) is 7.17. The van der Waals surface area contributed by atoms with Crippen molar-refractivity contribution < 1.29 is 13.2 Å². The molecule has 1 amide bonds. The van der Waals surface area contributed by atoms with Gasteiger partial charge < -0.3 is 10.6 Å². The molecule has 1 unspecified atom stereocenters. The number of hydrogen-bond acceptors (Lipinski definition) is 4. The maximum absolute atomic E-state index is 12.6. The highest BCUT2D eigenvalue weighted by Crippen LogP contribution is 2.18. The predicted octanol–water partition coefficient (Wildman–Crippen LogP) is -0.167. The Bertz CT molecular complexity index is 581. The first-order chi connectivity index (χ1) is 9.93. The van der Waals surface area contributed by atoms with Crippen LogP contribution in [0.2, 0.25) is 0 Å². The molecule has 2 rings (SSSR count). The molecule has 2 N–H and O–H groups in total. The Morgan fingerprint density at radius 1 is 1.19 bits per heavy atom. The molecule has 1 heterocycles. The van der Waals surface area contributed by atoms with Crippen LogP contribution in [0.3, 0.4) is 0 Å². The molecule has 1 aliphatic heterocycles. The van der Waals surface area contributed by atoms with E-state index in [9.17, 15) is 13.2 Å². The lowest BCUT2D eigenvalue weighted by Crippen LogP contribution is -2.51. The lowest BCUT2D eigenvalue weighted by atomic mass is 9.97. The lowest BCUT2D eigenvalue weighted by molar-refractivity contribution is -0.133. The highest BCUT2D eigenvalue weighted by molar-refractivity contribution is 7.88. The fraction of sp³-hybridized carbons (Fsp3) is 0.500. The van der Waals surface area contributed by atoms with Gasteiger partial charge in [-0.2, -0.15) is 4.31 Å². The molecule has 1 aliphatic rings. The molecule has 1 atom stereocenters. The molecule has 6 nitrogen and oxygen atoms in total. The zero-order valence-electron chi connectivity index (χ0n) is 12.1. The number of sulfonamides is 1. The van der Waals surface area contributed by atoms with Crippen molar-refractivity contribution in [3.05, 3.63) is 35.9 Å². The summed E-state index contributed by atoms with van der Waals surface area (Å²) in [6.07, 6.45) is 1.19. The lowest BCUT2D eigenvalue weighted by Gasteiger charge is -2.35. The van der Waals surface area contributed by atoms with Crippen LogP contribution in [0.5, 0.6) is 0 Å². The number of amides is 1. The molecule has 1 aromatic rings. The average Bonchev–Trinajstić information content (AvgIpc) is 2.48. The number of nitrogens with two attached hydrogens (primary N) is 1. The van der Waals surface area contributed by atoms with Gasteiger partial charge >= 0.3 is 0 Å². The predicted molar refractivity (Wildman–Crippen MR) is 81.2 cm³/mol.